The Kier molecular flexibility index (Phi) is 5.18. The van der Waals surface area contributed by atoms with Gasteiger partial charge in [0.1, 0.15) is 5.60 Å². The zero-order chi connectivity index (χ0) is 15.3. The minimum atomic E-state index is -0.424. The number of nitrogens with zero attached hydrogens (tertiary/aromatic N) is 1. The number of ether oxygens (including phenoxy) is 1. The van der Waals surface area contributed by atoms with Crippen LogP contribution in [0.15, 0.2) is 42.0 Å². The SMILES string of the molecule is CC(C)(C)OC(=O)/C=C1/CCCN(Cc2ccccc2)C1. The Bertz CT molecular complexity index is 500. The van der Waals surface area contributed by atoms with E-state index in [9.17, 15) is 4.79 Å². The molecule has 0 saturated carbocycles. The van der Waals surface area contributed by atoms with Gasteiger partial charge in [0.15, 0.2) is 0 Å². The predicted octanol–water partition coefficient (Wildman–Crippen LogP) is 3.55. The Hall–Kier alpha value is -1.61. The van der Waals surface area contributed by atoms with E-state index in [1.165, 1.54) is 11.1 Å². The number of benzene rings is 1. The lowest BCUT2D eigenvalue weighted by Gasteiger charge is -2.28. The van der Waals surface area contributed by atoms with Crippen LogP contribution in [0.4, 0.5) is 0 Å². The molecule has 1 saturated heterocycles. The Labute approximate surface area is 127 Å². The van der Waals surface area contributed by atoms with Gasteiger partial charge >= 0.3 is 5.97 Å². The second-order valence-corrected chi connectivity index (χ2v) is 6.64. The number of piperidine rings is 1. The first-order valence-electron chi connectivity index (χ1n) is 7.61. The van der Waals surface area contributed by atoms with Gasteiger partial charge < -0.3 is 4.74 Å². The lowest BCUT2D eigenvalue weighted by Crippen LogP contribution is -2.31. The third-order valence-corrected chi connectivity index (χ3v) is 3.38. The third-order valence-electron chi connectivity index (χ3n) is 3.38. The number of carbonyl (C=O) groups excluding carboxylic acids is 1. The molecule has 114 valence electrons. The summed E-state index contributed by atoms with van der Waals surface area (Å²) in [5, 5.41) is 0. The quantitative estimate of drug-likeness (QED) is 0.629. The van der Waals surface area contributed by atoms with E-state index in [1.54, 1.807) is 6.08 Å². The van der Waals surface area contributed by atoms with Gasteiger partial charge in [-0.1, -0.05) is 30.3 Å². The molecular weight excluding hydrogens is 262 g/mol. The summed E-state index contributed by atoms with van der Waals surface area (Å²) in [5.74, 6) is -0.223. The van der Waals surface area contributed by atoms with Crippen molar-refractivity contribution >= 4 is 5.97 Å². The van der Waals surface area contributed by atoms with Crippen molar-refractivity contribution < 1.29 is 9.53 Å². The maximum absolute atomic E-state index is 11.9. The van der Waals surface area contributed by atoms with E-state index in [0.717, 1.165) is 32.5 Å². The van der Waals surface area contributed by atoms with Crippen molar-refractivity contribution in [3.63, 3.8) is 0 Å². The Balaban J connectivity index is 1.93. The molecule has 3 nitrogen and oxygen atoms in total. The summed E-state index contributed by atoms with van der Waals surface area (Å²) in [7, 11) is 0. The Morgan fingerprint density at radius 2 is 2.00 bits per heavy atom. The lowest BCUT2D eigenvalue weighted by molar-refractivity contribution is -0.148. The molecule has 0 bridgehead atoms. The number of likely N-dealkylation sites (tertiary alicyclic amines) is 1. The second-order valence-electron chi connectivity index (χ2n) is 6.64. The molecule has 0 aliphatic carbocycles. The van der Waals surface area contributed by atoms with Crippen LogP contribution in [0.5, 0.6) is 0 Å². The molecule has 0 amide bonds. The lowest BCUT2D eigenvalue weighted by atomic mass is 10.0. The van der Waals surface area contributed by atoms with Gasteiger partial charge in [-0.3, -0.25) is 4.90 Å². The molecule has 0 atom stereocenters. The van der Waals surface area contributed by atoms with Crippen molar-refractivity contribution in [1.29, 1.82) is 0 Å². The molecule has 1 fully saturated rings. The minimum Gasteiger partial charge on any atom is -0.457 e. The summed E-state index contributed by atoms with van der Waals surface area (Å²) < 4.78 is 5.36. The summed E-state index contributed by atoms with van der Waals surface area (Å²) in [6.07, 6.45) is 3.77. The van der Waals surface area contributed by atoms with Crippen LogP contribution in [0.2, 0.25) is 0 Å². The van der Waals surface area contributed by atoms with Crippen molar-refractivity contribution in [2.45, 2.75) is 45.8 Å². The summed E-state index contributed by atoms with van der Waals surface area (Å²) in [4.78, 5) is 14.3. The molecule has 0 unspecified atom stereocenters. The van der Waals surface area contributed by atoms with Crippen molar-refractivity contribution in [2.24, 2.45) is 0 Å². The van der Waals surface area contributed by atoms with Gasteiger partial charge in [-0.25, -0.2) is 4.79 Å². The van der Waals surface area contributed by atoms with E-state index in [0.29, 0.717) is 0 Å². The normalized spacial score (nSPS) is 18.7. The molecule has 3 heteroatoms. The van der Waals surface area contributed by atoms with E-state index in [1.807, 2.05) is 26.8 Å². The summed E-state index contributed by atoms with van der Waals surface area (Å²) in [5.41, 5.74) is 2.06. The fraction of sp³-hybridized carbons (Fsp3) is 0.500. The first kappa shape index (κ1) is 15.8. The highest BCUT2D eigenvalue weighted by atomic mass is 16.6. The Morgan fingerprint density at radius 1 is 1.29 bits per heavy atom. The highest BCUT2D eigenvalue weighted by Gasteiger charge is 2.18. The van der Waals surface area contributed by atoms with E-state index in [-0.39, 0.29) is 5.97 Å². The zero-order valence-electron chi connectivity index (χ0n) is 13.3. The number of hydrogen-bond acceptors (Lipinski definition) is 3. The number of esters is 1. The van der Waals surface area contributed by atoms with Crippen LogP contribution in [-0.4, -0.2) is 29.6 Å². The van der Waals surface area contributed by atoms with Crippen molar-refractivity contribution in [3.8, 4) is 0 Å². The fourth-order valence-corrected chi connectivity index (χ4v) is 2.57. The van der Waals surface area contributed by atoms with Gasteiger partial charge in [0.05, 0.1) is 0 Å². The number of hydrogen-bond donors (Lipinski definition) is 0. The van der Waals surface area contributed by atoms with Crippen LogP contribution in [0.1, 0.15) is 39.2 Å². The monoisotopic (exact) mass is 287 g/mol. The van der Waals surface area contributed by atoms with Crippen molar-refractivity contribution in [3.05, 3.63) is 47.5 Å². The standard InChI is InChI=1S/C18H25NO2/c1-18(2,3)21-17(20)12-16-10-7-11-19(14-16)13-15-8-5-4-6-9-15/h4-6,8-9,12H,7,10-11,13-14H2,1-3H3/b16-12-. The van der Waals surface area contributed by atoms with Crippen LogP contribution in [0.25, 0.3) is 0 Å². The number of carbonyl (C=O) groups is 1. The van der Waals surface area contributed by atoms with Gasteiger partial charge in [-0.05, 0) is 51.3 Å². The average molecular weight is 287 g/mol. The van der Waals surface area contributed by atoms with Gasteiger partial charge in [0.25, 0.3) is 0 Å². The van der Waals surface area contributed by atoms with Crippen LogP contribution in [-0.2, 0) is 16.1 Å². The molecule has 0 radical (unpaired) electrons. The van der Waals surface area contributed by atoms with Crippen molar-refractivity contribution in [2.75, 3.05) is 13.1 Å². The van der Waals surface area contributed by atoms with Crippen LogP contribution < -0.4 is 0 Å². The molecule has 21 heavy (non-hydrogen) atoms. The first-order valence-corrected chi connectivity index (χ1v) is 7.61. The fourth-order valence-electron chi connectivity index (χ4n) is 2.57. The summed E-state index contributed by atoms with van der Waals surface area (Å²) in [6.45, 7) is 8.56. The van der Waals surface area contributed by atoms with E-state index in [2.05, 4.69) is 29.2 Å². The van der Waals surface area contributed by atoms with E-state index >= 15 is 0 Å². The molecule has 0 spiro atoms. The maximum Gasteiger partial charge on any atom is 0.331 e. The van der Waals surface area contributed by atoms with Crippen LogP contribution in [0.3, 0.4) is 0 Å². The van der Waals surface area contributed by atoms with E-state index in [4.69, 9.17) is 4.74 Å². The van der Waals surface area contributed by atoms with Gasteiger partial charge in [-0.15, -0.1) is 0 Å². The molecule has 1 aliphatic heterocycles. The van der Waals surface area contributed by atoms with Crippen molar-refractivity contribution in [1.82, 2.24) is 4.90 Å². The Morgan fingerprint density at radius 3 is 2.67 bits per heavy atom. The molecule has 0 aromatic heterocycles. The second kappa shape index (κ2) is 6.90. The minimum absolute atomic E-state index is 0.223. The first-order chi connectivity index (χ1) is 9.92. The largest absolute Gasteiger partial charge is 0.457 e. The topological polar surface area (TPSA) is 29.5 Å². The van der Waals surface area contributed by atoms with Crippen LogP contribution in [0, 0.1) is 0 Å². The molecule has 1 heterocycles. The zero-order valence-corrected chi connectivity index (χ0v) is 13.3. The third kappa shape index (κ3) is 5.72. The molecule has 1 aromatic carbocycles. The molecule has 1 aromatic rings. The molecule has 2 rings (SSSR count). The number of rotatable bonds is 3. The highest BCUT2D eigenvalue weighted by molar-refractivity contribution is 5.83. The highest BCUT2D eigenvalue weighted by Crippen LogP contribution is 2.18. The average Bonchev–Trinajstić information content (AvgIpc) is 2.38. The van der Waals surface area contributed by atoms with Gasteiger partial charge in [0.2, 0.25) is 0 Å². The molecular formula is C18H25NO2. The maximum atomic E-state index is 11.9. The smallest absolute Gasteiger partial charge is 0.331 e. The van der Waals surface area contributed by atoms with E-state index < -0.39 is 5.60 Å². The van der Waals surface area contributed by atoms with Crippen LogP contribution >= 0.6 is 0 Å². The molecule has 0 N–H and O–H groups in total. The molecule has 1 aliphatic rings. The summed E-state index contributed by atoms with van der Waals surface area (Å²) >= 11 is 0. The summed E-state index contributed by atoms with van der Waals surface area (Å²) in [6, 6.07) is 10.5. The van der Waals surface area contributed by atoms with Gasteiger partial charge in [0, 0.05) is 19.2 Å². The predicted molar refractivity (Wildman–Crippen MR) is 84.9 cm³/mol. The van der Waals surface area contributed by atoms with Gasteiger partial charge in [-0.2, -0.15) is 0 Å².